The number of benzene rings is 1. The number of hydrogen-bond donors (Lipinski definition) is 1. The third-order valence-electron chi connectivity index (χ3n) is 2.95. The molecule has 0 atom stereocenters. The molecule has 18 heavy (non-hydrogen) atoms. The second-order valence-electron chi connectivity index (χ2n) is 6.31. The zero-order valence-corrected chi connectivity index (χ0v) is 12.6. The molecule has 0 radical (unpaired) electrons. The molecule has 0 fully saturated rings. The highest BCUT2D eigenvalue weighted by Gasteiger charge is 2.19. The van der Waals surface area contributed by atoms with Crippen molar-refractivity contribution in [1.29, 1.82) is 0 Å². The average molecular weight is 249 g/mol. The molecule has 0 heterocycles. The lowest BCUT2D eigenvalue weighted by atomic mass is 9.85. The summed E-state index contributed by atoms with van der Waals surface area (Å²) in [6.45, 7) is 13.1. The first kappa shape index (κ1) is 15.0. The van der Waals surface area contributed by atoms with Crippen LogP contribution in [0.1, 0.15) is 45.7 Å². The number of ether oxygens (including phenoxy) is 1. The van der Waals surface area contributed by atoms with Gasteiger partial charge in [0.05, 0.1) is 7.11 Å². The molecule has 1 aromatic carbocycles. The fraction of sp³-hybridized carbons (Fsp3) is 0.625. The summed E-state index contributed by atoms with van der Waals surface area (Å²) >= 11 is 0. The molecule has 0 unspecified atom stereocenters. The Kier molecular flexibility index (Phi) is 5.21. The van der Waals surface area contributed by atoms with Crippen molar-refractivity contribution in [1.82, 2.24) is 5.32 Å². The van der Waals surface area contributed by atoms with E-state index in [4.69, 9.17) is 4.74 Å². The molecule has 0 saturated carbocycles. The topological polar surface area (TPSA) is 21.3 Å². The summed E-state index contributed by atoms with van der Waals surface area (Å²) in [5.41, 5.74) is 2.70. The summed E-state index contributed by atoms with van der Waals surface area (Å²) in [5, 5.41) is 3.48. The summed E-state index contributed by atoms with van der Waals surface area (Å²) in [7, 11) is 1.74. The van der Waals surface area contributed by atoms with Crippen LogP contribution in [0.2, 0.25) is 0 Å². The van der Waals surface area contributed by atoms with Crippen LogP contribution in [0.15, 0.2) is 18.2 Å². The zero-order valence-electron chi connectivity index (χ0n) is 12.6. The molecular weight excluding hydrogens is 222 g/mol. The molecule has 2 nitrogen and oxygen atoms in total. The minimum Gasteiger partial charge on any atom is -0.496 e. The van der Waals surface area contributed by atoms with Crippen molar-refractivity contribution in [3.8, 4) is 5.75 Å². The van der Waals surface area contributed by atoms with Gasteiger partial charge < -0.3 is 10.1 Å². The van der Waals surface area contributed by atoms with E-state index >= 15 is 0 Å². The normalized spacial score (nSPS) is 11.9. The van der Waals surface area contributed by atoms with Crippen molar-refractivity contribution in [2.75, 3.05) is 13.7 Å². The lowest BCUT2D eigenvalue weighted by Gasteiger charge is -2.23. The first-order valence-electron chi connectivity index (χ1n) is 6.72. The van der Waals surface area contributed by atoms with E-state index in [0.29, 0.717) is 5.92 Å². The highest BCUT2D eigenvalue weighted by molar-refractivity contribution is 5.41. The van der Waals surface area contributed by atoms with Crippen molar-refractivity contribution in [2.24, 2.45) is 5.92 Å². The fourth-order valence-electron chi connectivity index (χ4n) is 1.96. The molecule has 0 aliphatic rings. The van der Waals surface area contributed by atoms with Crippen LogP contribution in [0.3, 0.4) is 0 Å². The fourth-order valence-corrected chi connectivity index (χ4v) is 1.96. The summed E-state index contributed by atoms with van der Waals surface area (Å²) < 4.78 is 5.45. The van der Waals surface area contributed by atoms with Gasteiger partial charge >= 0.3 is 0 Å². The number of nitrogens with one attached hydrogen (secondary N) is 1. The molecule has 0 amide bonds. The van der Waals surface area contributed by atoms with Gasteiger partial charge in [0, 0.05) is 6.54 Å². The average Bonchev–Trinajstić information content (AvgIpc) is 2.27. The highest BCUT2D eigenvalue weighted by Crippen LogP contribution is 2.31. The summed E-state index contributed by atoms with van der Waals surface area (Å²) in [6.07, 6.45) is 0. The van der Waals surface area contributed by atoms with E-state index in [1.165, 1.54) is 11.1 Å². The molecular formula is C16H27NO. The van der Waals surface area contributed by atoms with Crippen LogP contribution in [0, 0.1) is 5.92 Å². The van der Waals surface area contributed by atoms with Crippen LogP contribution in [-0.2, 0) is 12.0 Å². The number of rotatable bonds is 5. The second kappa shape index (κ2) is 6.24. The maximum absolute atomic E-state index is 5.45. The standard InChI is InChI=1S/C16H27NO/c1-12(2)10-17-11-13-7-8-15(18-6)14(9-13)16(3,4)5/h7-9,12,17H,10-11H2,1-6H3. The van der Waals surface area contributed by atoms with E-state index in [0.717, 1.165) is 18.8 Å². The lowest BCUT2D eigenvalue weighted by molar-refractivity contribution is 0.397. The van der Waals surface area contributed by atoms with Crippen LogP contribution in [0.25, 0.3) is 0 Å². The van der Waals surface area contributed by atoms with Gasteiger partial charge in [-0.3, -0.25) is 0 Å². The Hall–Kier alpha value is -1.02. The summed E-state index contributed by atoms with van der Waals surface area (Å²) in [5.74, 6) is 1.67. The summed E-state index contributed by atoms with van der Waals surface area (Å²) in [6, 6.07) is 6.47. The smallest absolute Gasteiger partial charge is 0.122 e. The largest absolute Gasteiger partial charge is 0.496 e. The molecule has 2 heteroatoms. The molecule has 1 aromatic rings. The van der Waals surface area contributed by atoms with E-state index in [-0.39, 0.29) is 5.41 Å². The molecule has 102 valence electrons. The predicted octanol–water partition coefficient (Wildman–Crippen LogP) is 3.74. The Morgan fingerprint density at radius 2 is 1.89 bits per heavy atom. The van der Waals surface area contributed by atoms with Gasteiger partial charge in [0.2, 0.25) is 0 Å². The van der Waals surface area contributed by atoms with E-state index in [1.807, 2.05) is 0 Å². The molecule has 1 rings (SSSR count). The minimum atomic E-state index is 0.111. The SMILES string of the molecule is COc1ccc(CNCC(C)C)cc1C(C)(C)C. The first-order chi connectivity index (χ1) is 8.34. The van der Waals surface area contributed by atoms with Gasteiger partial charge in [0.15, 0.2) is 0 Å². The Bertz CT molecular complexity index is 377. The van der Waals surface area contributed by atoms with Crippen molar-refractivity contribution in [3.05, 3.63) is 29.3 Å². The Labute approximate surface area is 112 Å². The van der Waals surface area contributed by atoms with Crippen molar-refractivity contribution >= 4 is 0 Å². The van der Waals surface area contributed by atoms with E-state index in [2.05, 4.69) is 58.1 Å². The predicted molar refractivity (Wildman–Crippen MR) is 78.2 cm³/mol. The number of methoxy groups -OCH3 is 1. The van der Waals surface area contributed by atoms with Crippen LogP contribution >= 0.6 is 0 Å². The van der Waals surface area contributed by atoms with Gasteiger partial charge in [-0.1, -0.05) is 46.8 Å². The maximum Gasteiger partial charge on any atom is 0.122 e. The molecule has 0 bridgehead atoms. The van der Waals surface area contributed by atoms with Gasteiger partial charge in [-0.05, 0) is 35.1 Å². The molecule has 0 saturated heterocycles. The Morgan fingerprint density at radius 3 is 2.39 bits per heavy atom. The Morgan fingerprint density at radius 1 is 1.22 bits per heavy atom. The van der Waals surface area contributed by atoms with Gasteiger partial charge in [-0.15, -0.1) is 0 Å². The third kappa shape index (κ3) is 4.34. The van der Waals surface area contributed by atoms with E-state index in [9.17, 15) is 0 Å². The van der Waals surface area contributed by atoms with Crippen LogP contribution < -0.4 is 10.1 Å². The van der Waals surface area contributed by atoms with Crippen LogP contribution in [-0.4, -0.2) is 13.7 Å². The van der Waals surface area contributed by atoms with Gasteiger partial charge in [-0.2, -0.15) is 0 Å². The van der Waals surface area contributed by atoms with Crippen LogP contribution in [0.4, 0.5) is 0 Å². The van der Waals surface area contributed by atoms with Crippen molar-refractivity contribution in [2.45, 2.75) is 46.6 Å². The monoisotopic (exact) mass is 249 g/mol. The maximum atomic E-state index is 5.45. The first-order valence-corrected chi connectivity index (χ1v) is 6.72. The third-order valence-corrected chi connectivity index (χ3v) is 2.95. The van der Waals surface area contributed by atoms with E-state index < -0.39 is 0 Å². The van der Waals surface area contributed by atoms with Gasteiger partial charge in [-0.25, -0.2) is 0 Å². The van der Waals surface area contributed by atoms with E-state index in [1.54, 1.807) is 7.11 Å². The molecule has 0 aliphatic heterocycles. The molecule has 0 aromatic heterocycles. The summed E-state index contributed by atoms with van der Waals surface area (Å²) in [4.78, 5) is 0. The van der Waals surface area contributed by atoms with Gasteiger partial charge in [0.1, 0.15) is 5.75 Å². The Balaban J connectivity index is 2.83. The quantitative estimate of drug-likeness (QED) is 0.858. The van der Waals surface area contributed by atoms with Gasteiger partial charge in [0.25, 0.3) is 0 Å². The molecule has 0 spiro atoms. The van der Waals surface area contributed by atoms with Crippen molar-refractivity contribution < 1.29 is 4.74 Å². The highest BCUT2D eigenvalue weighted by atomic mass is 16.5. The lowest BCUT2D eigenvalue weighted by Crippen LogP contribution is -2.20. The second-order valence-corrected chi connectivity index (χ2v) is 6.31. The van der Waals surface area contributed by atoms with Crippen molar-refractivity contribution in [3.63, 3.8) is 0 Å². The minimum absolute atomic E-state index is 0.111. The zero-order chi connectivity index (χ0) is 13.8. The van der Waals surface area contributed by atoms with Crippen LogP contribution in [0.5, 0.6) is 5.75 Å². The molecule has 1 N–H and O–H groups in total. The number of hydrogen-bond acceptors (Lipinski definition) is 2. The molecule has 0 aliphatic carbocycles.